The molecule has 1 atom stereocenters. The molecule has 14 nitrogen and oxygen atoms in total. The number of nitrogens with one attached hydrogen (secondary N) is 2. The summed E-state index contributed by atoms with van der Waals surface area (Å²) in [4.78, 5) is 58.8. The lowest BCUT2D eigenvalue weighted by Crippen LogP contribution is -2.54. The molecule has 3 aromatic rings. The van der Waals surface area contributed by atoms with Gasteiger partial charge in [-0.3, -0.25) is 34.3 Å². The maximum Gasteiger partial charge on any atom is 0.262 e. The first-order chi connectivity index (χ1) is 27.9. The summed E-state index contributed by atoms with van der Waals surface area (Å²) >= 11 is 6.14. The van der Waals surface area contributed by atoms with Crippen LogP contribution in [0.15, 0.2) is 65.6 Å². The van der Waals surface area contributed by atoms with Gasteiger partial charge in [0.1, 0.15) is 17.9 Å². The highest BCUT2D eigenvalue weighted by molar-refractivity contribution is 7.89. The van der Waals surface area contributed by atoms with E-state index in [1.165, 1.54) is 0 Å². The van der Waals surface area contributed by atoms with Crippen LogP contribution in [0.1, 0.15) is 77.6 Å². The zero-order valence-corrected chi connectivity index (χ0v) is 33.6. The van der Waals surface area contributed by atoms with Crippen molar-refractivity contribution in [2.24, 2.45) is 5.92 Å². The first-order valence-corrected chi connectivity index (χ1v) is 21.9. The number of hydrogen-bond donors (Lipinski definition) is 2. The summed E-state index contributed by atoms with van der Waals surface area (Å²) in [5.74, 6) is -0.866. The van der Waals surface area contributed by atoms with Gasteiger partial charge in [-0.2, -0.15) is 5.26 Å². The molecule has 16 heteroatoms. The van der Waals surface area contributed by atoms with E-state index in [1.807, 2.05) is 24.3 Å². The van der Waals surface area contributed by atoms with E-state index in [1.54, 1.807) is 42.5 Å². The van der Waals surface area contributed by atoms with Gasteiger partial charge >= 0.3 is 0 Å². The number of carbonyl (C=O) groups is 4. The Morgan fingerprint density at radius 3 is 2.12 bits per heavy atom. The van der Waals surface area contributed by atoms with Crippen molar-refractivity contribution in [1.82, 2.24) is 19.8 Å². The Morgan fingerprint density at radius 1 is 0.776 bits per heavy atom. The van der Waals surface area contributed by atoms with Crippen LogP contribution < -0.4 is 24.6 Å². The topological polar surface area (TPSA) is 172 Å². The molecular weight excluding hydrogens is 782 g/mol. The van der Waals surface area contributed by atoms with Crippen LogP contribution in [0.25, 0.3) is 0 Å². The molecule has 1 unspecified atom stereocenters. The molecule has 4 amide bonds. The second kappa shape index (κ2) is 16.7. The van der Waals surface area contributed by atoms with Gasteiger partial charge in [0.15, 0.2) is 0 Å². The van der Waals surface area contributed by atoms with Crippen LogP contribution in [0.2, 0.25) is 5.02 Å². The normalized spacial score (nSPS) is 23.4. The quantitative estimate of drug-likeness (QED) is 0.279. The molecule has 2 N–H and O–H groups in total. The minimum atomic E-state index is -3.68. The maximum absolute atomic E-state index is 13.3. The van der Waals surface area contributed by atoms with Gasteiger partial charge in [-0.25, -0.2) is 13.1 Å². The van der Waals surface area contributed by atoms with E-state index in [9.17, 15) is 27.6 Å². The van der Waals surface area contributed by atoms with Crippen LogP contribution in [0.3, 0.4) is 0 Å². The van der Waals surface area contributed by atoms with Gasteiger partial charge < -0.3 is 14.5 Å². The van der Waals surface area contributed by atoms with Gasteiger partial charge in [0.05, 0.1) is 32.7 Å². The van der Waals surface area contributed by atoms with Crippen LogP contribution in [-0.4, -0.2) is 106 Å². The fraction of sp³-hybridized carbons (Fsp3) is 0.452. The second-order valence-electron chi connectivity index (χ2n) is 15.9. The zero-order chi connectivity index (χ0) is 40.6. The van der Waals surface area contributed by atoms with Crippen molar-refractivity contribution in [3.05, 3.63) is 82.4 Å². The summed E-state index contributed by atoms with van der Waals surface area (Å²) in [7, 11) is -3.68. The molecule has 1 saturated carbocycles. The number of imide groups is 2. The third-order valence-corrected chi connectivity index (χ3v) is 14.0. The van der Waals surface area contributed by atoms with Crippen molar-refractivity contribution in [2.45, 2.75) is 74.4 Å². The zero-order valence-electron chi connectivity index (χ0n) is 32.1. The van der Waals surface area contributed by atoms with E-state index in [0.29, 0.717) is 53.5 Å². The third kappa shape index (κ3) is 8.42. The number of hydrogen-bond acceptors (Lipinski definition) is 11. The second-order valence-corrected chi connectivity index (χ2v) is 18.0. The minimum absolute atomic E-state index is 0.0493. The number of rotatable bonds is 10. The molecule has 5 aliphatic rings. The molecule has 4 fully saturated rings. The Hall–Kier alpha value is -5.01. The van der Waals surface area contributed by atoms with E-state index in [-0.39, 0.29) is 35.4 Å². The van der Waals surface area contributed by atoms with Crippen molar-refractivity contribution in [3.63, 3.8) is 0 Å². The summed E-state index contributed by atoms with van der Waals surface area (Å²) in [5, 5.41) is 11.7. The predicted octanol–water partition coefficient (Wildman–Crippen LogP) is 4.32. The molecule has 0 radical (unpaired) electrons. The van der Waals surface area contributed by atoms with Crippen LogP contribution in [0.5, 0.6) is 5.75 Å². The minimum Gasteiger partial charge on any atom is -0.490 e. The van der Waals surface area contributed by atoms with Gasteiger partial charge in [-0.1, -0.05) is 11.6 Å². The number of amides is 4. The lowest BCUT2D eigenvalue weighted by atomic mass is 9.93. The molecule has 4 aliphatic heterocycles. The highest BCUT2D eigenvalue weighted by Gasteiger charge is 2.45. The molecule has 4 heterocycles. The molecule has 8 rings (SSSR count). The third-order valence-electron chi connectivity index (χ3n) is 12.2. The Labute approximate surface area is 343 Å². The summed E-state index contributed by atoms with van der Waals surface area (Å²) in [6.45, 7) is 6.19. The van der Waals surface area contributed by atoms with Gasteiger partial charge in [-0.05, 0) is 105 Å². The number of anilines is 2. The summed E-state index contributed by atoms with van der Waals surface area (Å²) < 4.78 is 35.5. The lowest BCUT2D eigenvalue weighted by Gasteiger charge is -2.40. The number of fused-ring (bicyclic) bond motifs is 1. The predicted molar refractivity (Wildman–Crippen MR) is 216 cm³/mol. The van der Waals surface area contributed by atoms with Crippen LogP contribution >= 0.6 is 11.6 Å². The van der Waals surface area contributed by atoms with Gasteiger partial charge in [0.25, 0.3) is 11.8 Å². The first kappa shape index (κ1) is 39.8. The number of piperazine rings is 1. The molecule has 58 heavy (non-hydrogen) atoms. The molecule has 304 valence electrons. The standard InChI is InChI=1S/C42H46ClN7O7S/c43-37-24-33(7-1-28(37)25-44)57-32-8-2-29(3-9-32)46-58(55,56)34-10-4-30(5-11-34)49-21-19-47(20-22-49)26-27-15-17-48(18-16-27)31-6-12-35-36(23-31)42(54)50(41(35)53)38-13-14-39(51)45-40(38)52/h1,4-7,10-12,23-24,27,29,32,38,46H,2-3,8-9,13-22,26H2,(H,45,51,52)/t29-,32-,38?. The highest BCUT2D eigenvalue weighted by atomic mass is 35.5. The fourth-order valence-electron chi connectivity index (χ4n) is 8.86. The van der Waals surface area contributed by atoms with Crippen molar-refractivity contribution in [3.8, 4) is 11.8 Å². The molecule has 0 bridgehead atoms. The molecule has 0 aromatic heterocycles. The summed E-state index contributed by atoms with van der Waals surface area (Å²) in [5.41, 5.74) is 2.87. The highest BCUT2D eigenvalue weighted by Crippen LogP contribution is 2.33. The van der Waals surface area contributed by atoms with E-state index in [2.05, 4.69) is 24.7 Å². The maximum atomic E-state index is 13.3. The smallest absolute Gasteiger partial charge is 0.262 e. The lowest BCUT2D eigenvalue weighted by molar-refractivity contribution is -0.136. The van der Waals surface area contributed by atoms with Crippen LogP contribution in [0, 0.1) is 17.2 Å². The molecule has 1 aliphatic carbocycles. The number of ether oxygens (including phenoxy) is 1. The number of carbonyl (C=O) groups excluding carboxylic acids is 4. The van der Waals surface area contributed by atoms with Crippen molar-refractivity contribution in [1.29, 1.82) is 5.26 Å². The van der Waals surface area contributed by atoms with Crippen LogP contribution in [0.4, 0.5) is 11.4 Å². The largest absolute Gasteiger partial charge is 0.490 e. The average Bonchev–Trinajstić information content (AvgIpc) is 3.47. The summed E-state index contributed by atoms with van der Waals surface area (Å²) in [6, 6.07) is 18.4. The molecule has 3 aromatic carbocycles. The van der Waals surface area contributed by atoms with Gasteiger partial charge in [0.2, 0.25) is 21.8 Å². The number of nitrogens with zero attached hydrogens (tertiary/aromatic N) is 5. The van der Waals surface area contributed by atoms with Gasteiger partial charge in [0, 0.05) is 75.7 Å². The number of sulfonamides is 1. The van der Waals surface area contributed by atoms with Crippen molar-refractivity contribution in [2.75, 3.05) is 55.6 Å². The monoisotopic (exact) mass is 827 g/mol. The fourth-order valence-corrected chi connectivity index (χ4v) is 10.4. The average molecular weight is 828 g/mol. The Bertz CT molecular complexity index is 2240. The van der Waals surface area contributed by atoms with Crippen molar-refractivity contribution < 1.29 is 32.3 Å². The Balaban J connectivity index is 0.766. The van der Waals surface area contributed by atoms with Gasteiger partial charge in [-0.15, -0.1) is 0 Å². The number of benzene rings is 3. The summed E-state index contributed by atoms with van der Waals surface area (Å²) in [6.07, 6.45) is 4.88. The SMILES string of the molecule is N#Cc1ccc(O[C@H]2CC[C@H](NS(=O)(=O)c3ccc(N4CCN(CC5CCN(c6ccc7c(c6)C(=O)N(C6CCC(=O)NC6=O)C7=O)CC5)CC4)cc3)CC2)cc1Cl. The first-order valence-electron chi connectivity index (χ1n) is 20.0. The molecule has 0 spiro atoms. The molecular formula is C42H46ClN7O7S. The van der Waals surface area contributed by atoms with Crippen molar-refractivity contribution >= 4 is 56.6 Å². The van der Waals surface area contributed by atoms with E-state index in [4.69, 9.17) is 21.6 Å². The Morgan fingerprint density at radius 2 is 1.45 bits per heavy atom. The number of nitriles is 1. The number of halogens is 1. The van der Waals surface area contributed by atoms with E-state index < -0.39 is 39.7 Å². The van der Waals surface area contributed by atoms with Crippen LogP contribution in [-0.2, 0) is 19.6 Å². The Kier molecular flexibility index (Phi) is 11.5. The van der Waals surface area contributed by atoms with E-state index in [0.717, 1.165) is 74.9 Å². The molecule has 3 saturated heterocycles. The number of piperidine rings is 2. The van der Waals surface area contributed by atoms with E-state index >= 15 is 0 Å².